The number of hydrogen-bond donors (Lipinski definition) is 0. The number of halogens is 3. The van der Waals surface area contributed by atoms with Gasteiger partial charge in [-0.1, -0.05) is 0 Å². The van der Waals surface area contributed by atoms with Gasteiger partial charge in [-0.15, -0.1) is 0 Å². The zero-order chi connectivity index (χ0) is 18.9. The minimum absolute atomic E-state index is 0.0366. The van der Waals surface area contributed by atoms with Crippen molar-refractivity contribution in [3.8, 4) is 0 Å². The van der Waals surface area contributed by atoms with Crippen LogP contribution in [-0.2, 0) is 4.74 Å². The van der Waals surface area contributed by atoms with Crippen LogP contribution in [0.15, 0.2) is 16.6 Å². The molecule has 5 nitrogen and oxygen atoms in total. The first-order valence-electron chi connectivity index (χ1n) is 7.89. The molecule has 2 rings (SSSR count). The SMILES string of the molecule is CN(C(=O)OC(C)(C)C)C1CCN(C(=O)c2cc(F)c(Br)cc2F)C1. The molecule has 1 aromatic rings. The minimum atomic E-state index is -0.790. The Morgan fingerprint density at radius 3 is 2.52 bits per heavy atom. The summed E-state index contributed by atoms with van der Waals surface area (Å²) in [5, 5.41) is 0. The number of rotatable bonds is 2. The molecule has 2 amide bonds. The van der Waals surface area contributed by atoms with Crippen LogP contribution in [0.3, 0.4) is 0 Å². The van der Waals surface area contributed by atoms with E-state index in [1.807, 2.05) is 0 Å². The van der Waals surface area contributed by atoms with E-state index in [4.69, 9.17) is 4.74 Å². The Morgan fingerprint density at radius 1 is 1.28 bits per heavy atom. The number of hydrogen-bond acceptors (Lipinski definition) is 3. The van der Waals surface area contributed by atoms with Gasteiger partial charge in [-0.25, -0.2) is 13.6 Å². The van der Waals surface area contributed by atoms with Crippen molar-refractivity contribution in [1.82, 2.24) is 9.80 Å². The van der Waals surface area contributed by atoms with Gasteiger partial charge in [0.05, 0.1) is 16.1 Å². The lowest BCUT2D eigenvalue weighted by Crippen LogP contribution is -2.42. The largest absolute Gasteiger partial charge is 0.444 e. The highest BCUT2D eigenvalue weighted by molar-refractivity contribution is 9.10. The van der Waals surface area contributed by atoms with Gasteiger partial charge >= 0.3 is 6.09 Å². The molecule has 1 aromatic carbocycles. The summed E-state index contributed by atoms with van der Waals surface area (Å²) in [7, 11) is 1.60. The second-order valence-electron chi connectivity index (χ2n) is 7.03. The molecule has 0 aromatic heterocycles. The Labute approximate surface area is 154 Å². The average Bonchev–Trinajstić information content (AvgIpc) is 2.97. The molecule has 0 radical (unpaired) electrons. The summed E-state index contributed by atoms with van der Waals surface area (Å²) in [5.74, 6) is -2.09. The van der Waals surface area contributed by atoms with Gasteiger partial charge in [0, 0.05) is 20.1 Å². The van der Waals surface area contributed by atoms with Crippen LogP contribution < -0.4 is 0 Å². The maximum Gasteiger partial charge on any atom is 0.410 e. The molecule has 0 saturated carbocycles. The van der Waals surface area contributed by atoms with Crippen molar-refractivity contribution in [1.29, 1.82) is 0 Å². The van der Waals surface area contributed by atoms with E-state index in [0.717, 1.165) is 12.1 Å². The summed E-state index contributed by atoms with van der Waals surface area (Å²) < 4.78 is 32.9. The number of carbonyl (C=O) groups excluding carboxylic acids is 2. The average molecular weight is 419 g/mol. The lowest BCUT2D eigenvalue weighted by Gasteiger charge is -2.28. The van der Waals surface area contributed by atoms with Gasteiger partial charge in [0.25, 0.3) is 5.91 Å². The summed E-state index contributed by atoms with van der Waals surface area (Å²) in [4.78, 5) is 27.4. The highest BCUT2D eigenvalue weighted by Crippen LogP contribution is 2.24. The Balaban J connectivity index is 2.06. The number of likely N-dealkylation sites (N-methyl/N-ethyl adjacent to an activating group) is 1. The van der Waals surface area contributed by atoms with Crippen LogP contribution in [0.2, 0.25) is 0 Å². The quantitative estimate of drug-likeness (QED) is 0.686. The molecule has 0 aliphatic carbocycles. The lowest BCUT2D eigenvalue weighted by molar-refractivity contribution is 0.0226. The third-order valence-corrected chi connectivity index (χ3v) is 4.53. The second-order valence-corrected chi connectivity index (χ2v) is 7.89. The molecule has 1 aliphatic heterocycles. The fourth-order valence-corrected chi connectivity index (χ4v) is 2.90. The predicted molar refractivity (Wildman–Crippen MR) is 92.4 cm³/mol. The third-order valence-electron chi connectivity index (χ3n) is 3.92. The molecule has 1 aliphatic rings. The first kappa shape index (κ1) is 19.6. The van der Waals surface area contributed by atoms with Crippen LogP contribution in [0.1, 0.15) is 37.6 Å². The number of carbonyl (C=O) groups is 2. The molecule has 0 spiro atoms. The van der Waals surface area contributed by atoms with Crippen LogP contribution in [0.25, 0.3) is 0 Å². The topological polar surface area (TPSA) is 49.9 Å². The van der Waals surface area contributed by atoms with Gasteiger partial charge in [-0.05, 0) is 55.3 Å². The van der Waals surface area contributed by atoms with E-state index in [9.17, 15) is 18.4 Å². The first-order valence-corrected chi connectivity index (χ1v) is 8.68. The van der Waals surface area contributed by atoms with Crippen LogP contribution in [0.4, 0.5) is 13.6 Å². The molecule has 25 heavy (non-hydrogen) atoms. The number of nitrogens with zero attached hydrogens (tertiary/aromatic N) is 2. The van der Waals surface area contributed by atoms with E-state index in [1.165, 1.54) is 9.80 Å². The fourth-order valence-electron chi connectivity index (χ4n) is 2.58. The summed E-state index contributed by atoms with van der Waals surface area (Å²) in [6, 6.07) is 1.58. The van der Waals surface area contributed by atoms with E-state index >= 15 is 0 Å². The van der Waals surface area contributed by atoms with Crippen molar-refractivity contribution >= 4 is 27.9 Å². The van der Waals surface area contributed by atoms with E-state index in [2.05, 4.69) is 15.9 Å². The van der Waals surface area contributed by atoms with E-state index in [0.29, 0.717) is 13.0 Å². The minimum Gasteiger partial charge on any atom is -0.444 e. The van der Waals surface area contributed by atoms with Crippen molar-refractivity contribution in [3.63, 3.8) is 0 Å². The van der Waals surface area contributed by atoms with Crippen molar-refractivity contribution in [3.05, 3.63) is 33.8 Å². The smallest absolute Gasteiger partial charge is 0.410 e. The van der Waals surface area contributed by atoms with Gasteiger partial charge in [-0.3, -0.25) is 4.79 Å². The summed E-state index contributed by atoms with van der Waals surface area (Å²) in [6.07, 6.45) is 0.0647. The van der Waals surface area contributed by atoms with Gasteiger partial charge in [0.2, 0.25) is 0 Å². The van der Waals surface area contributed by atoms with E-state index in [-0.39, 0.29) is 22.6 Å². The Bertz CT molecular complexity index is 691. The Hall–Kier alpha value is -1.70. The normalized spacial score (nSPS) is 17.6. The van der Waals surface area contributed by atoms with E-state index in [1.54, 1.807) is 27.8 Å². The van der Waals surface area contributed by atoms with Gasteiger partial charge in [0.1, 0.15) is 17.2 Å². The number of ether oxygens (including phenoxy) is 1. The highest BCUT2D eigenvalue weighted by atomic mass is 79.9. The molecule has 1 atom stereocenters. The molecule has 0 bridgehead atoms. The summed E-state index contributed by atoms with van der Waals surface area (Å²) in [6.45, 7) is 5.91. The molecule has 138 valence electrons. The van der Waals surface area contributed by atoms with Crippen molar-refractivity contribution in [2.75, 3.05) is 20.1 Å². The molecular weight excluding hydrogens is 398 g/mol. The number of likely N-dealkylation sites (tertiary alicyclic amines) is 1. The Morgan fingerprint density at radius 2 is 1.92 bits per heavy atom. The van der Waals surface area contributed by atoms with Gasteiger partial charge in [-0.2, -0.15) is 0 Å². The Kier molecular flexibility index (Phi) is 5.71. The van der Waals surface area contributed by atoms with Crippen molar-refractivity contribution < 1.29 is 23.1 Å². The van der Waals surface area contributed by atoms with Gasteiger partial charge < -0.3 is 14.5 Å². The summed E-state index contributed by atoms with van der Waals surface area (Å²) >= 11 is 2.88. The maximum absolute atomic E-state index is 14.0. The van der Waals surface area contributed by atoms with Crippen LogP contribution in [0, 0.1) is 11.6 Å². The number of benzene rings is 1. The number of amides is 2. The highest BCUT2D eigenvalue weighted by Gasteiger charge is 2.34. The van der Waals surface area contributed by atoms with Crippen molar-refractivity contribution in [2.45, 2.75) is 38.8 Å². The van der Waals surface area contributed by atoms with E-state index < -0.39 is 29.2 Å². The first-order chi connectivity index (χ1) is 11.5. The molecule has 8 heteroatoms. The maximum atomic E-state index is 14.0. The third kappa shape index (κ3) is 4.68. The second kappa shape index (κ2) is 7.27. The monoisotopic (exact) mass is 418 g/mol. The fraction of sp³-hybridized carbons (Fsp3) is 0.529. The van der Waals surface area contributed by atoms with Crippen LogP contribution in [0.5, 0.6) is 0 Å². The molecule has 1 fully saturated rings. The van der Waals surface area contributed by atoms with Crippen molar-refractivity contribution in [2.24, 2.45) is 0 Å². The summed E-state index contributed by atoms with van der Waals surface area (Å²) in [5.41, 5.74) is -0.932. The van der Waals surface area contributed by atoms with Crippen LogP contribution in [-0.4, -0.2) is 53.6 Å². The standard InChI is InChI=1S/C17H21BrF2N2O3/c1-17(2,3)25-16(24)21(4)10-5-6-22(9-10)15(23)11-7-14(20)12(18)8-13(11)19/h7-8,10H,5-6,9H2,1-4H3. The predicted octanol–water partition coefficient (Wildman–Crippen LogP) is 3.81. The molecule has 0 N–H and O–H groups in total. The molecule has 1 saturated heterocycles. The van der Waals surface area contributed by atoms with Crippen LogP contribution >= 0.6 is 15.9 Å². The van der Waals surface area contributed by atoms with Gasteiger partial charge in [0.15, 0.2) is 0 Å². The molecule has 1 unspecified atom stereocenters. The lowest BCUT2D eigenvalue weighted by atomic mass is 10.2. The zero-order valence-electron chi connectivity index (χ0n) is 14.6. The molecule has 1 heterocycles. The zero-order valence-corrected chi connectivity index (χ0v) is 16.2. The molecular formula is C17H21BrF2N2O3.